The molecule has 0 aromatic rings. The van der Waals surface area contributed by atoms with Gasteiger partial charge in [-0.25, -0.2) is 4.79 Å². The van der Waals surface area contributed by atoms with Crippen LogP contribution in [0.4, 0.5) is 4.79 Å². The molecule has 0 aliphatic carbocycles. The molecule has 0 spiro atoms. The molecule has 0 saturated carbocycles. The van der Waals surface area contributed by atoms with Crippen molar-refractivity contribution in [2.45, 2.75) is 52.9 Å². The third-order valence-electron chi connectivity index (χ3n) is 2.89. The Labute approximate surface area is 116 Å². The van der Waals surface area contributed by atoms with E-state index in [1.54, 1.807) is 0 Å². The second kappa shape index (κ2) is 10.6. The maximum Gasteiger partial charge on any atom is 0.314 e. The Hall–Kier alpha value is -1.26. The van der Waals surface area contributed by atoms with Crippen LogP contribution >= 0.6 is 0 Å². The first-order valence-corrected chi connectivity index (χ1v) is 7.19. The van der Waals surface area contributed by atoms with Crippen LogP contribution in [0.15, 0.2) is 0 Å². The smallest absolute Gasteiger partial charge is 0.314 e. The second-order valence-electron chi connectivity index (χ2n) is 5.44. The highest BCUT2D eigenvalue weighted by Crippen LogP contribution is 2.14. The molecule has 0 rings (SSSR count). The molecule has 0 saturated heterocycles. The van der Waals surface area contributed by atoms with Crippen LogP contribution < -0.4 is 10.6 Å². The Morgan fingerprint density at radius 2 is 1.84 bits per heavy atom. The normalized spacial score (nSPS) is 12.2. The molecule has 3 N–H and O–H groups in total. The number of carboxylic acids is 1. The number of carboxylic acid groups (broad SMARTS) is 1. The first kappa shape index (κ1) is 17.7. The van der Waals surface area contributed by atoms with Gasteiger partial charge in [0, 0.05) is 19.5 Å². The lowest BCUT2D eigenvalue weighted by Crippen LogP contribution is -2.39. The minimum absolute atomic E-state index is 0.00103. The fourth-order valence-corrected chi connectivity index (χ4v) is 2.03. The molecule has 0 aromatic heterocycles. The molecule has 112 valence electrons. The van der Waals surface area contributed by atoms with E-state index < -0.39 is 5.97 Å². The first-order chi connectivity index (χ1) is 8.95. The molecule has 0 bridgehead atoms. The highest BCUT2D eigenvalue weighted by atomic mass is 16.4. The van der Waals surface area contributed by atoms with Crippen molar-refractivity contribution >= 4 is 12.0 Å². The zero-order valence-corrected chi connectivity index (χ0v) is 12.4. The van der Waals surface area contributed by atoms with Gasteiger partial charge < -0.3 is 15.7 Å². The molecule has 0 aromatic carbocycles. The molecular formula is C14H28N2O3. The third-order valence-corrected chi connectivity index (χ3v) is 2.89. The van der Waals surface area contributed by atoms with Crippen LogP contribution in [0.2, 0.25) is 0 Å². The molecule has 0 fully saturated rings. The van der Waals surface area contributed by atoms with Crippen molar-refractivity contribution in [3.8, 4) is 0 Å². The molecule has 2 amide bonds. The van der Waals surface area contributed by atoms with E-state index in [1.165, 1.54) is 0 Å². The first-order valence-electron chi connectivity index (χ1n) is 7.19. The predicted octanol–water partition coefficient (Wildman–Crippen LogP) is 2.61. The van der Waals surface area contributed by atoms with E-state index in [9.17, 15) is 9.59 Å². The predicted molar refractivity (Wildman–Crippen MR) is 76.1 cm³/mol. The van der Waals surface area contributed by atoms with Crippen molar-refractivity contribution < 1.29 is 14.7 Å². The van der Waals surface area contributed by atoms with Crippen molar-refractivity contribution in [1.82, 2.24) is 10.6 Å². The summed E-state index contributed by atoms with van der Waals surface area (Å²) in [5, 5.41) is 14.4. The summed E-state index contributed by atoms with van der Waals surface area (Å²) in [6.45, 7) is 7.32. The Morgan fingerprint density at radius 3 is 2.37 bits per heavy atom. The summed E-state index contributed by atoms with van der Waals surface area (Å²) in [5.41, 5.74) is 0. The molecule has 0 heterocycles. The van der Waals surface area contributed by atoms with Crippen molar-refractivity contribution in [1.29, 1.82) is 0 Å². The molecule has 0 aliphatic rings. The molecule has 5 heteroatoms. The number of nitrogens with one attached hydrogen (secondary N) is 2. The standard InChI is InChI=1S/C14H28N2O3/c1-4-5-6-7-15-14(19)16-10-12(8-11(2)3)9-13(17)18/h11-12H,4-10H2,1-3H3,(H,17,18)(H2,15,16,19). The van der Waals surface area contributed by atoms with E-state index in [4.69, 9.17) is 5.11 Å². The number of hydrogen-bond acceptors (Lipinski definition) is 2. The minimum Gasteiger partial charge on any atom is -0.481 e. The number of aliphatic carboxylic acids is 1. The van der Waals surface area contributed by atoms with Crippen LogP contribution in [0.3, 0.4) is 0 Å². The third kappa shape index (κ3) is 11.6. The van der Waals surface area contributed by atoms with Crippen molar-refractivity contribution in [3.63, 3.8) is 0 Å². The number of hydrogen-bond donors (Lipinski definition) is 3. The van der Waals surface area contributed by atoms with Crippen LogP contribution in [-0.2, 0) is 4.79 Å². The largest absolute Gasteiger partial charge is 0.481 e. The monoisotopic (exact) mass is 272 g/mol. The van der Waals surface area contributed by atoms with E-state index in [0.29, 0.717) is 19.0 Å². The Kier molecular flexibility index (Phi) is 9.94. The molecule has 0 radical (unpaired) electrons. The lowest BCUT2D eigenvalue weighted by atomic mass is 9.94. The van der Waals surface area contributed by atoms with Gasteiger partial charge in [0.15, 0.2) is 0 Å². The van der Waals surface area contributed by atoms with Gasteiger partial charge >= 0.3 is 12.0 Å². The van der Waals surface area contributed by atoms with Crippen LogP contribution in [0.25, 0.3) is 0 Å². The van der Waals surface area contributed by atoms with Crippen LogP contribution in [0.5, 0.6) is 0 Å². The van der Waals surface area contributed by atoms with Crippen LogP contribution in [0.1, 0.15) is 52.9 Å². The number of urea groups is 1. The highest BCUT2D eigenvalue weighted by Gasteiger charge is 2.15. The zero-order valence-electron chi connectivity index (χ0n) is 12.4. The summed E-state index contributed by atoms with van der Waals surface area (Å²) in [5.74, 6) is -0.381. The molecule has 5 nitrogen and oxygen atoms in total. The van der Waals surface area contributed by atoms with E-state index in [0.717, 1.165) is 25.7 Å². The van der Waals surface area contributed by atoms with E-state index >= 15 is 0 Å². The quantitative estimate of drug-likeness (QED) is 0.535. The lowest BCUT2D eigenvalue weighted by Gasteiger charge is -2.18. The van der Waals surface area contributed by atoms with Crippen molar-refractivity contribution in [3.05, 3.63) is 0 Å². The van der Waals surface area contributed by atoms with Crippen LogP contribution in [-0.4, -0.2) is 30.2 Å². The molecule has 1 atom stereocenters. The maximum absolute atomic E-state index is 11.5. The van der Waals surface area contributed by atoms with E-state index in [1.807, 2.05) is 0 Å². The summed E-state index contributed by atoms with van der Waals surface area (Å²) in [6, 6.07) is -0.199. The lowest BCUT2D eigenvalue weighted by molar-refractivity contribution is -0.138. The fourth-order valence-electron chi connectivity index (χ4n) is 2.03. The van der Waals surface area contributed by atoms with Crippen LogP contribution in [0, 0.1) is 11.8 Å². The summed E-state index contributed by atoms with van der Waals surface area (Å²) in [7, 11) is 0. The summed E-state index contributed by atoms with van der Waals surface area (Å²) < 4.78 is 0. The summed E-state index contributed by atoms with van der Waals surface area (Å²) >= 11 is 0. The topological polar surface area (TPSA) is 78.4 Å². The summed E-state index contributed by atoms with van der Waals surface area (Å²) in [4.78, 5) is 22.3. The number of carbonyl (C=O) groups excluding carboxylic acids is 1. The van der Waals surface area contributed by atoms with Crippen molar-refractivity contribution in [2.24, 2.45) is 11.8 Å². The van der Waals surface area contributed by atoms with Crippen molar-refractivity contribution in [2.75, 3.05) is 13.1 Å². The molecular weight excluding hydrogens is 244 g/mol. The average molecular weight is 272 g/mol. The van der Waals surface area contributed by atoms with Gasteiger partial charge in [-0.3, -0.25) is 4.79 Å². The van der Waals surface area contributed by atoms with Gasteiger partial charge in [-0.2, -0.15) is 0 Å². The number of carbonyl (C=O) groups is 2. The van der Waals surface area contributed by atoms with Gasteiger partial charge in [0.05, 0.1) is 0 Å². The molecule has 1 unspecified atom stereocenters. The van der Waals surface area contributed by atoms with Gasteiger partial charge in [0.25, 0.3) is 0 Å². The van der Waals surface area contributed by atoms with E-state index in [-0.39, 0.29) is 18.4 Å². The Balaban J connectivity index is 3.88. The number of unbranched alkanes of at least 4 members (excludes halogenated alkanes) is 2. The highest BCUT2D eigenvalue weighted by molar-refractivity contribution is 5.74. The Bertz CT molecular complexity index is 267. The number of amides is 2. The fraction of sp³-hybridized carbons (Fsp3) is 0.857. The summed E-state index contributed by atoms with van der Waals surface area (Å²) in [6.07, 6.45) is 4.12. The molecule has 0 aliphatic heterocycles. The number of rotatable bonds is 10. The van der Waals surface area contributed by atoms with Gasteiger partial charge in [-0.1, -0.05) is 33.6 Å². The molecule has 19 heavy (non-hydrogen) atoms. The SMILES string of the molecule is CCCCCNC(=O)NCC(CC(=O)O)CC(C)C. The average Bonchev–Trinajstić information content (AvgIpc) is 2.30. The Morgan fingerprint density at radius 1 is 1.16 bits per heavy atom. The maximum atomic E-state index is 11.5. The second-order valence-corrected chi connectivity index (χ2v) is 5.44. The zero-order chi connectivity index (χ0) is 14.7. The van der Waals surface area contributed by atoms with Gasteiger partial charge in [-0.15, -0.1) is 0 Å². The van der Waals surface area contributed by atoms with Gasteiger partial charge in [-0.05, 0) is 24.7 Å². The minimum atomic E-state index is -0.809. The van der Waals surface area contributed by atoms with Gasteiger partial charge in [0.1, 0.15) is 0 Å². The van der Waals surface area contributed by atoms with Gasteiger partial charge in [0.2, 0.25) is 0 Å². The van der Waals surface area contributed by atoms with E-state index in [2.05, 4.69) is 31.4 Å².